The zero-order chi connectivity index (χ0) is 13.2. The lowest BCUT2D eigenvalue weighted by Crippen LogP contribution is -2.48. The molecule has 1 aromatic heterocycles. The monoisotopic (exact) mass is 274 g/mol. The van der Waals surface area contributed by atoms with Gasteiger partial charge in [0, 0.05) is 24.7 Å². The van der Waals surface area contributed by atoms with E-state index in [1.54, 1.807) is 0 Å². The second kappa shape index (κ2) is 5.35. The number of hydrogen-bond donors (Lipinski definition) is 2. The van der Waals surface area contributed by atoms with Crippen LogP contribution in [0.25, 0.3) is 0 Å². The average Bonchev–Trinajstić information content (AvgIpc) is 2.87. The lowest BCUT2D eigenvalue weighted by Gasteiger charge is -2.33. The maximum atomic E-state index is 12.5. The van der Waals surface area contributed by atoms with Gasteiger partial charge in [0.1, 0.15) is 0 Å². The summed E-state index contributed by atoms with van der Waals surface area (Å²) in [6, 6.07) is -0.127. The Kier molecular flexibility index (Phi) is 4.00. The molecule has 0 spiro atoms. The van der Waals surface area contributed by atoms with Gasteiger partial charge in [0.15, 0.2) is 5.03 Å². The van der Waals surface area contributed by atoms with Gasteiger partial charge in [-0.1, -0.05) is 6.92 Å². The van der Waals surface area contributed by atoms with E-state index in [2.05, 4.69) is 10.2 Å². The first-order valence-corrected chi connectivity index (χ1v) is 7.37. The Labute approximate surface area is 106 Å². The van der Waals surface area contributed by atoms with E-state index in [1.165, 1.54) is 10.5 Å². The summed E-state index contributed by atoms with van der Waals surface area (Å²) in [5.74, 6) is 0. The van der Waals surface area contributed by atoms with E-state index in [4.69, 9.17) is 10.5 Å². The van der Waals surface area contributed by atoms with Gasteiger partial charge in [-0.3, -0.25) is 5.10 Å². The van der Waals surface area contributed by atoms with E-state index >= 15 is 0 Å². The number of nitrogens with one attached hydrogen (secondary N) is 1. The highest BCUT2D eigenvalue weighted by atomic mass is 32.2. The quantitative estimate of drug-likeness (QED) is 0.782. The van der Waals surface area contributed by atoms with E-state index in [-0.39, 0.29) is 17.6 Å². The minimum Gasteiger partial charge on any atom is -0.378 e. The highest BCUT2D eigenvalue weighted by Gasteiger charge is 2.35. The second-order valence-corrected chi connectivity index (χ2v) is 6.01. The number of morpholine rings is 1. The molecule has 102 valence electrons. The van der Waals surface area contributed by atoms with Crippen molar-refractivity contribution >= 4 is 10.0 Å². The molecule has 1 atom stereocenters. The van der Waals surface area contributed by atoms with Crippen molar-refractivity contribution in [3.63, 3.8) is 0 Å². The van der Waals surface area contributed by atoms with Crippen LogP contribution in [-0.4, -0.2) is 48.7 Å². The van der Waals surface area contributed by atoms with E-state index < -0.39 is 10.0 Å². The van der Waals surface area contributed by atoms with E-state index in [0.29, 0.717) is 31.7 Å². The lowest BCUT2D eigenvalue weighted by atomic mass is 10.2. The summed E-state index contributed by atoms with van der Waals surface area (Å²) in [7, 11) is -3.57. The Bertz CT molecular complexity index is 499. The average molecular weight is 274 g/mol. The fourth-order valence-corrected chi connectivity index (χ4v) is 3.85. The molecule has 2 rings (SSSR count). The van der Waals surface area contributed by atoms with Crippen molar-refractivity contribution in [2.24, 2.45) is 5.73 Å². The Morgan fingerprint density at radius 3 is 3.11 bits per heavy atom. The number of nitrogens with two attached hydrogens (primary N) is 1. The third kappa shape index (κ3) is 2.28. The molecular formula is C10H18N4O3S. The van der Waals surface area contributed by atoms with Crippen LogP contribution in [-0.2, 0) is 21.3 Å². The molecule has 1 fully saturated rings. The highest BCUT2D eigenvalue weighted by Crippen LogP contribution is 2.22. The summed E-state index contributed by atoms with van der Waals surface area (Å²) in [5, 5.41) is 6.40. The molecule has 1 aliphatic rings. The first-order valence-electron chi connectivity index (χ1n) is 5.93. The van der Waals surface area contributed by atoms with Crippen LogP contribution in [0.15, 0.2) is 11.2 Å². The lowest BCUT2D eigenvalue weighted by molar-refractivity contribution is 0.0313. The number of nitrogens with zero attached hydrogens (tertiary/aromatic N) is 2. The van der Waals surface area contributed by atoms with Crippen molar-refractivity contribution in [2.75, 3.05) is 19.8 Å². The van der Waals surface area contributed by atoms with Crippen molar-refractivity contribution in [1.82, 2.24) is 14.5 Å². The van der Waals surface area contributed by atoms with Crippen LogP contribution in [0.5, 0.6) is 0 Å². The van der Waals surface area contributed by atoms with Crippen molar-refractivity contribution in [1.29, 1.82) is 0 Å². The molecule has 0 saturated carbocycles. The molecule has 1 aliphatic heterocycles. The van der Waals surface area contributed by atoms with Crippen LogP contribution in [0.2, 0.25) is 0 Å². The van der Waals surface area contributed by atoms with Crippen LogP contribution in [0.3, 0.4) is 0 Å². The zero-order valence-electron chi connectivity index (χ0n) is 10.3. The van der Waals surface area contributed by atoms with E-state index in [1.807, 2.05) is 6.92 Å². The highest BCUT2D eigenvalue weighted by molar-refractivity contribution is 7.89. The molecule has 0 aromatic carbocycles. The number of hydrogen-bond acceptors (Lipinski definition) is 5. The van der Waals surface area contributed by atoms with Gasteiger partial charge in [0.25, 0.3) is 10.0 Å². The molecule has 7 nitrogen and oxygen atoms in total. The summed E-state index contributed by atoms with van der Waals surface area (Å²) >= 11 is 0. The summed E-state index contributed by atoms with van der Waals surface area (Å²) in [4.78, 5) is 0. The van der Waals surface area contributed by atoms with Crippen molar-refractivity contribution in [3.8, 4) is 0 Å². The molecule has 0 radical (unpaired) electrons. The smallest absolute Gasteiger partial charge is 0.260 e. The largest absolute Gasteiger partial charge is 0.378 e. The van der Waals surface area contributed by atoms with Crippen LogP contribution in [0.1, 0.15) is 18.9 Å². The number of rotatable bonds is 4. The Morgan fingerprint density at radius 1 is 1.67 bits per heavy atom. The predicted octanol–water partition coefficient (Wildman–Crippen LogP) is -0.332. The third-order valence-corrected chi connectivity index (χ3v) is 5.08. The van der Waals surface area contributed by atoms with Gasteiger partial charge in [-0.05, 0) is 6.42 Å². The van der Waals surface area contributed by atoms with Crippen molar-refractivity contribution in [2.45, 2.75) is 31.0 Å². The van der Waals surface area contributed by atoms with Crippen molar-refractivity contribution in [3.05, 3.63) is 11.8 Å². The van der Waals surface area contributed by atoms with E-state index in [9.17, 15) is 8.42 Å². The molecule has 1 unspecified atom stereocenters. The summed E-state index contributed by atoms with van der Waals surface area (Å²) in [5.41, 5.74) is 6.03. The third-order valence-electron chi connectivity index (χ3n) is 3.11. The van der Waals surface area contributed by atoms with Gasteiger partial charge in [0.05, 0.1) is 19.4 Å². The zero-order valence-corrected chi connectivity index (χ0v) is 11.1. The first kappa shape index (κ1) is 13.5. The molecule has 3 N–H and O–H groups in total. The molecule has 18 heavy (non-hydrogen) atoms. The Morgan fingerprint density at radius 2 is 2.44 bits per heavy atom. The molecular weight excluding hydrogens is 256 g/mol. The molecule has 0 bridgehead atoms. The number of ether oxygens (including phenoxy) is 1. The number of sulfonamides is 1. The van der Waals surface area contributed by atoms with Gasteiger partial charge in [-0.2, -0.15) is 9.40 Å². The standard InChI is InChI=1S/C10H18N4O3S/c1-2-9-7-17-4-3-14(9)18(15,16)10-8(5-11)6-12-13-10/h6,9H,2-5,7,11H2,1H3,(H,12,13). The van der Waals surface area contributed by atoms with Gasteiger partial charge in [-0.15, -0.1) is 0 Å². The van der Waals surface area contributed by atoms with Crippen molar-refractivity contribution < 1.29 is 13.2 Å². The van der Waals surface area contributed by atoms with E-state index in [0.717, 1.165) is 0 Å². The first-order chi connectivity index (χ1) is 8.61. The number of aromatic nitrogens is 2. The fourth-order valence-electron chi connectivity index (χ4n) is 2.06. The van der Waals surface area contributed by atoms with Crippen LogP contribution >= 0.6 is 0 Å². The van der Waals surface area contributed by atoms with Crippen LogP contribution in [0, 0.1) is 0 Å². The maximum Gasteiger partial charge on any atom is 0.260 e. The molecule has 8 heteroatoms. The summed E-state index contributed by atoms with van der Waals surface area (Å²) < 4.78 is 31.9. The normalized spacial score (nSPS) is 22.2. The van der Waals surface area contributed by atoms with Gasteiger partial charge in [0.2, 0.25) is 0 Å². The van der Waals surface area contributed by atoms with Gasteiger partial charge in [-0.25, -0.2) is 8.42 Å². The van der Waals surface area contributed by atoms with Crippen LogP contribution in [0.4, 0.5) is 0 Å². The Hall–Kier alpha value is -0.960. The second-order valence-electron chi connectivity index (χ2n) is 4.18. The molecule has 0 amide bonds. The van der Waals surface area contributed by atoms with Gasteiger partial charge >= 0.3 is 0 Å². The minimum atomic E-state index is -3.57. The number of H-pyrrole nitrogens is 1. The minimum absolute atomic E-state index is 0.102. The summed E-state index contributed by atoms with van der Waals surface area (Å²) in [6.07, 6.45) is 2.17. The summed E-state index contributed by atoms with van der Waals surface area (Å²) in [6.45, 7) is 3.30. The number of aromatic amines is 1. The van der Waals surface area contributed by atoms with Gasteiger partial charge < -0.3 is 10.5 Å². The SMILES string of the molecule is CCC1COCCN1S(=O)(=O)c1[nH]ncc1CN. The molecule has 0 aliphatic carbocycles. The Balaban J connectivity index is 2.35. The molecule has 1 saturated heterocycles. The maximum absolute atomic E-state index is 12.5. The van der Waals surface area contributed by atoms with Crippen LogP contribution < -0.4 is 5.73 Å². The topological polar surface area (TPSA) is 101 Å². The molecule has 1 aromatic rings. The fraction of sp³-hybridized carbons (Fsp3) is 0.700. The predicted molar refractivity (Wildman–Crippen MR) is 65.3 cm³/mol. The molecule has 2 heterocycles.